The van der Waals surface area contributed by atoms with E-state index in [1.165, 1.54) is 4.90 Å². The Morgan fingerprint density at radius 3 is 2.87 bits per heavy atom. The number of ether oxygens (including phenoxy) is 1. The Labute approximate surface area is 132 Å². The third-order valence-electron chi connectivity index (χ3n) is 3.60. The second kappa shape index (κ2) is 5.81. The Hall–Kier alpha value is -3.33. The van der Waals surface area contributed by atoms with Crippen LogP contribution in [0.4, 0.5) is 11.4 Å². The maximum absolute atomic E-state index is 12.4. The molecule has 0 fully saturated rings. The number of nitrogens with zero attached hydrogens (tertiary/aromatic N) is 2. The lowest BCUT2D eigenvalue weighted by Gasteiger charge is -2.26. The van der Waals surface area contributed by atoms with Crippen molar-refractivity contribution in [3.05, 3.63) is 53.6 Å². The van der Waals surface area contributed by atoms with Crippen molar-refractivity contribution in [2.24, 2.45) is 0 Å². The van der Waals surface area contributed by atoms with Gasteiger partial charge in [-0.25, -0.2) is 0 Å². The molecule has 0 aliphatic carbocycles. The molecule has 3 rings (SSSR count). The van der Waals surface area contributed by atoms with E-state index < -0.39 is 0 Å². The number of amides is 2. The van der Waals surface area contributed by atoms with Gasteiger partial charge in [0.25, 0.3) is 11.8 Å². The van der Waals surface area contributed by atoms with Crippen LogP contribution in [-0.4, -0.2) is 25.5 Å². The van der Waals surface area contributed by atoms with Gasteiger partial charge in [0.1, 0.15) is 11.8 Å². The molecule has 1 N–H and O–H groups in total. The van der Waals surface area contributed by atoms with Gasteiger partial charge in [-0.1, -0.05) is 12.1 Å². The number of likely N-dealkylation sites (N-methyl/N-ethyl adjacent to an activating group) is 1. The molecule has 0 bridgehead atoms. The normalized spacial score (nSPS) is 12.9. The first-order valence-electron chi connectivity index (χ1n) is 6.94. The van der Waals surface area contributed by atoms with Gasteiger partial charge in [0, 0.05) is 12.6 Å². The first kappa shape index (κ1) is 14.6. The quantitative estimate of drug-likeness (QED) is 0.921. The first-order chi connectivity index (χ1) is 11.1. The van der Waals surface area contributed by atoms with Gasteiger partial charge in [0.15, 0.2) is 6.61 Å². The highest BCUT2D eigenvalue weighted by Gasteiger charge is 2.23. The van der Waals surface area contributed by atoms with E-state index in [4.69, 9.17) is 10.00 Å². The van der Waals surface area contributed by atoms with Gasteiger partial charge < -0.3 is 15.0 Å². The van der Waals surface area contributed by atoms with Crippen molar-refractivity contribution >= 4 is 23.2 Å². The molecule has 0 spiro atoms. The number of nitriles is 1. The second-order valence-corrected chi connectivity index (χ2v) is 5.04. The van der Waals surface area contributed by atoms with Crippen LogP contribution in [0.1, 0.15) is 15.9 Å². The lowest BCUT2D eigenvalue weighted by atomic mass is 10.1. The summed E-state index contributed by atoms with van der Waals surface area (Å²) >= 11 is 0. The van der Waals surface area contributed by atoms with Gasteiger partial charge in [0.05, 0.1) is 16.9 Å². The van der Waals surface area contributed by atoms with E-state index in [0.717, 1.165) is 0 Å². The SMILES string of the molecule is CN1C(=O)COc2ccc(C(=O)Nc3ccccc3C#N)cc21. The van der Waals surface area contributed by atoms with E-state index >= 15 is 0 Å². The highest BCUT2D eigenvalue weighted by Crippen LogP contribution is 2.32. The Kier molecular flexibility index (Phi) is 3.69. The van der Waals surface area contributed by atoms with Gasteiger partial charge in [-0.2, -0.15) is 5.26 Å². The Morgan fingerprint density at radius 2 is 2.09 bits per heavy atom. The Balaban J connectivity index is 1.89. The second-order valence-electron chi connectivity index (χ2n) is 5.04. The number of hydrogen-bond donors (Lipinski definition) is 1. The molecule has 6 nitrogen and oxygen atoms in total. The number of carbonyl (C=O) groups is 2. The van der Waals surface area contributed by atoms with E-state index in [-0.39, 0.29) is 18.4 Å². The van der Waals surface area contributed by atoms with Crippen LogP contribution in [0.5, 0.6) is 5.75 Å². The highest BCUT2D eigenvalue weighted by molar-refractivity contribution is 6.07. The molecule has 0 saturated carbocycles. The van der Waals surface area contributed by atoms with Gasteiger partial charge in [-0.15, -0.1) is 0 Å². The number of benzene rings is 2. The monoisotopic (exact) mass is 307 g/mol. The zero-order valence-electron chi connectivity index (χ0n) is 12.4. The molecule has 0 aromatic heterocycles. The molecule has 114 valence electrons. The molecule has 1 heterocycles. The van der Waals surface area contributed by atoms with Crippen molar-refractivity contribution in [3.8, 4) is 11.8 Å². The number of rotatable bonds is 2. The fourth-order valence-electron chi connectivity index (χ4n) is 2.30. The third-order valence-corrected chi connectivity index (χ3v) is 3.60. The largest absolute Gasteiger partial charge is 0.482 e. The number of carbonyl (C=O) groups excluding carboxylic acids is 2. The van der Waals surface area contributed by atoms with Crippen LogP contribution in [-0.2, 0) is 4.79 Å². The molecule has 23 heavy (non-hydrogen) atoms. The van der Waals surface area contributed by atoms with E-state index in [1.807, 2.05) is 6.07 Å². The molecule has 1 aliphatic heterocycles. The summed E-state index contributed by atoms with van der Waals surface area (Å²) in [6.45, 7) is -0.00934. The molecule has 2 amide bonds. The van der Waals surface area contributed by atoms with Crippen molar-refractivity contribution < 1.29 is 14.3 Å². The van der Waals surface area contributed by atoms with Gasteiger partial charge >= 0.3 is 0 Å². The number of nitrogens with one attached hydrogen (secondary N) is 1. The summed E-state index contributed by atoms with van der Waals surface area (Å²) in [5.74, 6) is 0.0212. The summed E-state index contributed by atoms with van der Waals surface area (Å²) < 4.78 is 5.33. The topological polar surface area (TPSA) is 82.4 Å². The highest BCUT2D eigenvalue weighted by atomic mass is 16.5. The maximum Gasteiger partial charge on any atom is 0.264 e. The summed E-state index contributed by atoms with van der Waals surface area (Å²) in [6, 6.07) is 13.7. The number of fused-ring (bicyclic) bond motifs is 1. The molecule has 1 aliphatic rings. The predicted octanol–water partition coefficient (Wildman–Crippen LogP) is 2.17. The minimum atomic E-state index is -0.359. The van der Waals surface area contributed by atoms with E-state index in [9.17, 15) is 9.59 Å². The minimum absolute atomic E-state index is 0.00934. The number of hydrogen-bond acceptors (Lipinski definition) is 4. The molecule has 2 aromatic carbocycles. The molecule has 0 unspecified atom stereocenters. The van der Waals surface area contributed by atoms with Crippen LogP contribution in [0.2, 0.25) is 0 Å². The molecule has 0 radical (unpaired) electrons. The van der Waals surface area contributed by atoms with E-state index in [2.05, 4.69) is 5.32 Å². The van der Waals surface area contributed by atoms with Gasteiger partial charge in [0.2, 0.25) is 0 Å². The lowest BCUT2D eigenvalue weighted by Crippen LogP contribution is -2.35. The number of anilines is 2. The smallest absolute Gasteiger partial charge is 0.264 e. The summed E-state index contributed by atoms with van der Waals surface area (Å²) in [6.07, 6.45) is 0. The molecule has 6 heteroatoms. The van der Waals surface area contributed by atoms with Crippen molar-refractivity contribution in [1.82, 2.24) is 0 Å². The van der Waals surface area contributed by atoms with Crippen molar-refractivity contribution in [2.45, 2.75) is 0 Å². The van der Waals surface area contributed by atoms with E-state index in [1.54, 1.807) is 49.5 Å². The van der Waals surface area contributed by atoms with Crippen molar-refractivity contribution in [3.63, 3.8) is 0 Å². The zero-order valence-corrected chi connectivity index (χ0v) is 12.4. The van der Waals surface area contributed by atoms with Crippen LogP contribution in [0.25, 0.3) is 0 Å². The average molecular weight is 307 g/mol. The van der Waals surface area contributed by atoms with Gasteiger partial charge in [-0.05, 0) is 30.3 Å². The van der Waals surface area contributed by atoms with Crippen molar-refractivity contribution in [1.29, 1.82) is 5.26 Å². The summed E-state index contributed by atoms with van der Waals surface area (Å²) in [5.41, 5.74) is 1.75. The molecular weight excluding hydrogens is 294 g/mol. The van der Waals surface area contributed by atoms with Crippen molar-refractivity contribution in [2.75, 3.05) is 23.9 Å². The fraction of sp³-hybridized carbons (Fsp3) is 0.118. The summed E-state index contributed by atoms with van der Waals surface area (Å²) in [4.78, 5) is 25.5. The molecule has 2 aromatic rings. The van der Waals surface area contributed by atoms with Crippen LogP contribution in [0.3, 0.4) is 0 Å². The lowest BCUT2D eigenvalue weighted by molar-refractivity contribution is -0.120. The minimum Gasteiger partial charge on any atom is -0.482 e. The maximum atomic E-state index is 12.4. The van der Waals surface area contributed by atoms with Crippen LogP contribution < -0.4 is 15.0 Å². The zero-order chi connectivity index (χ0) is 16.4. The molecular formula is C17H13N3O3. The molecule has 0 atom stereocenters. The van der Waals surface area contributed by atoms with Crippen LogP contribution >= 0.6 is 0 Å². The average Bonchev–Trinajstić information content (AvgIpc) is 2.58. The van der Waals surface area contributed by atoms with E-state index in [0.29, 0.717) is 28.3 Å². The summed E-state index contributed by atoms with van der Waals surface area (Å²) in [7, 11) is 1.64. The third kappa shape index (κ3) is 2.72. The first-order valence-corrected chi connectivity index (χ1v) is 6.94. The Bertz CT molecular complexity index is 839. The predicted molar refractivity (Wildman–Crippen MR) is 84.5 cm³/mol. The van der Waals surface area contributed by atoms with Crippen LogP contribution in [0.15, 0.2) is 42.5 Å². The van der Waals surface area contributed by atoms with Gasteiger partial charge in [-0.3, -0.25) is 9.59 Å². The Morgan fingerprint density at radius 1 is 1.30 bits per heavy atom. The summed E-state index contributed by atoms with van der Waals surface area (Å²) in [5, 5.41) is 11.8. The molecule has 0 saturated heterocycles. The number of para-hydroxylation sites is 1. The fourth-order valence-corrected chi connectivity index (χ4v) is 2.30. The standard InChI is InChI=1S/C17H13N3O3/c1-20-14-8-11(6-7-15(14)23-10-16(20)21)17(22)19-13-5-3-2-4-12(13)9-18/h2-8H,10H2,1H3,(H,19,22). The van der Waals surface area contributed by atoms with Crippen LogP contribution in [0, 0.1) is 11.3 Å².